The molecule has 0 bridgehead atoms. The summed E-state index contributed by atoms with van der Waals surface area (Å²) in [5, 5.41) is 11.8. The maximum absolute atomic E-state index is 8.75. The first-order valence-electron chi connectivity index (χ1n) is 5.52. The SMILES string of the molecule is CC1CN(c2ncccc2/C(N)=N/O)CCO1. The molecule has 1 fully saturated rings. The highest BCUT2D eigenvalue weighted by Crippen LogP contribution is 2.19. The van der Waals surface area contributed by atoms with Crippen LogP contribution < -0.4 is 10.6 Å². The molecule has 1 atom stereocenters. The van der Waals surface area contributed by atoms with Gasteiger partial charge in [-0.25, -0.2) is 4.98 Å². The van der Waals surface area contributed by atoms with E-state index in [0.717, 1.165) is 18.9 Å². The number of amidine groups is 1. The number of pyridine rings is 1. The van der Waals surface area contributed by atoms with Crippen LogP contribution in [-0.2, 0) is 4.74 Å². The van der Waals surface area contributed by atoms with Gasteiger partial charge in [-0.3, -0.25) is 0 Å². The molecule has 0 amide bonds. The van der Waals surface area contributed by atoms with E-state index in [1.807, 2.05) is 6.92 Å². The zero-order valence-electron chi connectivity index (χ0n) is 9.71. The van der Waals surface area contributed by atoms with Gasteiger partial charge in [0.25, 0.3) is 0 Å². The van der Waals surface area contributed by atoms with Gasteiger partial charge in [0.1, 0.15) is 5.82 Å². The fraction of sp³-hybridized carbons (Fsp3) is 0.455. The second kappa shape index (κ2) is 5.01. The molecule has 6 nitrogen and oxygen atoms in total. The molecule has 2 rings (SSSR count). The maximum Gasteiger partial charge on any atom is 0.173 e. The van der Waals surface area contributed by atoms with Crippen LogP contribution in [0.4, 0.5) is 5.82 Å². The number of ether oxygens (including phenoxy) is 1. The first kappa shape index (κ1) is 11.7. The molecule has 92 valence electrons. The highest BCUT2D eigenvalue weighted by atomic mass is 16.5. The third-order valence-corrected chi connectivity index (χ3v) is 2.71. The van der Waals surface area contributed by atoms with Crippen LogP contribution in [0.25, 0.3) is 0 Å². The van der Waals surface area contributed by atoms with Crippen LogP contribution in [0, 0.1) is 0 Å². The molecule has 1 saturated heterocycles. The Kier molecular flexibility index (Phi) is 3.43. The predicted molar refractivity (Wildman–Crippen MR) is 64.4 cm³/mol. The van der Waals surface area contributed by atoms with Crippen molar-refractivity contribution in [3.8, 4) is 0 Å². The fourth-order valence-corrected chi connectivity index (χ4v) is 1.91. The summed E-state index contributed by atoms with van der Waals surface area (Å²) in [7, 11) is 0. The average Bonchev–Trinajstić information content (AvgIpc) is 2.38. The Hall–Kier alpha value is -1.82. The molecule has 3 N–H and O–H groups in total. The van der Waals surface area contributed by atoms with Gasteiger partial charge < -0.3 is 20.6 Å². The summed E-state index contributed by atoms with van der Waals surface area (Å²) in [6, 6.07) is 3.55. The lowest BCUT2D eigenvalue weighted by atomic mass is 10.2. The van der Waals surface area contributed by atoms with Crippen LogP contribution in [0.3, 0.4) is 0 Å². The van der Waals surface area contributed by atoms with Gasteiger partial charge in [-0.1, -0.05) is 5.16 Å². The normalized spacial score (nSPS) is 21.6. The lowest BCUT2D eigenvalue weighted by Gasteiger charge is -2.32. The first-order valence-corrected chi connectivity index (χ1v) is 5.52. The van der Waals surface area contributed by atoms with Gasteiger partial charge in [-0.05, 0) is 19.1 Å². The van der Waals surface area contributed by atoms with Gasteiger partial charge in [-0.15, -0.1) is 0 Å². The maximum atomic E-state index is 8.75. The summed E-state index contributed by atoms with van der Waals surface area (Å²) in [4.78, 5) is 6.39. The smallest absolute Gasteiger partial charge is 0.173 e. The van der Waals surface area contributed by atoms with Crippen molar-refractivity contribution in [3.63, 3.8) is 0 Å². The molecule has 1 aromatic rings. The first-order chi connectivity index (χ1) is 8.22. The molecule has 6 heteroatoms. The molecular formula is C11H16N4O2. The summed E-state index contributed by atoms with van der Waals surface area (Å²) in [6.07, 6.45) is 1.86. The zero-order valence-corrected chi connectivity index (χ0v) is 9.71. The molecule has 1 aliphatic heterocycles. The molecule has 1 aliphatic rings. The largest absolute Gasteiger partial charge is 0.409 e. The van der Waals surface area contributed by atoms with Crippen LogP contribution in [0.1, 0.15) is 12.5 Å². The van der Waals surface area contributed by atoms with E-state index in [2.05, 4.69) is 15.0 Å². The van der Waals surface area contributed by atoms with Crippen molar-refractivity contribution < 1.29 is 9.94 Å². The molecule has 1 aromatic heterocycles. The van der Waals surface area contributed by atoms with Gasteiger partial charge in [0.15, 0.2) is 5.84 Å². The van der Waals surface area contributed by atoms with E-state index < -0.39 is 0 Å². The molecular weight excluding hydrogens is 220 g/mol. The minimum atomic E-state index is 0.0762. The molecule has 17 heavy (non-hydrogen) atoms. The highest BCUT2D eigenvalue weighted by molar-refractivity contribution is 6.01. The van der Waals surface area contributed by atoms with Crippen molar-refractivity contribution in [2.24, 2.45) is 10.9 Å². The molecule has 0 saturated carbocycles. The standard InChI is InChI=1S/C11H16N4O2/c1-8-7-15(5-6-17-8)11-9(10(12)14-16)3-2-4-13-11/h2-4,8,16H,5-7H2,1H3,(H2,12,14). The minimum absolute atomic E-state index is 0.0762. The van der Waals surface area contributed by atoms with E-state index in [0.29, 0.717) is 12.2 Å². The third kappa shape index (κ3) is 2.47. The van der Waals surface area contributed by atoms with Gasteiger partial charge in [0.2, 0.25) is 0 Å². The van der Waals surface area contributed by atoms with Crippen molar-refractivity contribution in [2.45, 2.75) is 13.0 Å². The topological polar surface area (TPSA) is 84.0 Å². The number of hydrogen-bond acceptors (Lipinski definition) is 5. The fourth-order valence-electron chi connectivity index (χ4n) is 1.91. The Balaban J connectivity index is 2.31. The van der Waals surface area contributed by atoms with Crippen LogP contribution >= 0.6 is 0 Å². The molecule has 0 aliphatic carbocycles. The zero-order chi connectivity index (χ0) is 12.3. The predicted octanol–water partition coefficient (Wildman–Crippen LogP) is 0.401. The number of anilines is 1. The van der Waals surface area contributed by atoms with Crippen LogP contribution in [0.5, 0.6) is 0 Å². The number of hydrogen-bond donors (Lipinski definition) is 2. The van der Waals surface area contributed by atoms with Crippen LogP contribution in [0.2, 0.25) is 0 Å². The van der Waals surface area contributed by atoms with Crippen molar-refractivity contribution in [1.29, 1.82) is 0 Å². The van der Waals surface area contributed by atoms with E-state index in [1.54, 1.807) is 18.3 Å². The molecule has 0 spiro atoms. The third-order valence-electron chi connectivity index (χ3n) is 2.71. The van der Waals surface area contributed by atoms with E-state index in [9.17, 15) is 0 Å². The molecule has 1 unspecified atom stereocenters. The lowest BCUT2D eigenvalue weighted by molar-refractivity contribution is 0.0529. The molecule has 0 aromatic carbocycles. The Bertz CT molecular complexity index is 422. The molecule has 0 radical (unpaired) electrons. The Morgan fingerprint density at radius 3 is 3.24 bits per heavy atom. The van der Waals surface area contributed by atoms with Crippen LogP contribution in [-0.4, -0.2) is 41.8 Å². The average molecular weight is 236 g/mol. The lowest BCUT2D eigenvalue weighted by Crippen LogP contribution is -2.42. The Morgan fingerprint density at radius 2 is 2.53 bits per heavy atom. The summed E-state index contributed by atoms with van der Waals surface area (Å²) in [5.74, 6) is 0.810. The number of nitrogens with zero attached hydrogens (tertiary/aromatic N) is 3. The van der Waals surface area contributed by atoms with Crippen molar-refractivity contribution in [2.75, 3.05) is 24.6 Å². The van der Waals surface area contributed by atoms with Gasteiger partial charge in [0, 0.05) is 19.3 Å². The number of nitrogens with two attached hydrogens (primary N) is 1. The van der Waals surface area contributed by atoms with Gasteiger partial charge in [0.05, 0.1) is 18.3 Å². The summed E-state index contributed by atoms with van der Waals surface area (Å²) in [5.41, 5.74) is 6.28. The minimum Gasteiger partial charge on any atom is -0.409 e. The van der Waals surface area contributed by atoms with E-state index in [1.165, 1.54) is 0 Å². The summed E-state index contributed by atoms with van der Waals surface area (Å²) >= 11 is 0. The van der Waals surface area contributed by atoms with E-state index in [-0.39, 0.29) is 11.9 Å². The van der Waals surface area contributed by atoms with Gasteiger partial charge >= 0.3 is 0 Å². The van der Waals surface area contributed by atoms with E-state index in [4.69, 9.17) is 15.7 Å². The quantitative estimate of drug-likeness (QED) is 0.336. The van der Waals surface area contributed by atoms with Crippen LogP contribution in [0.15, 0.2) is 23.5 Å². The Morgan fingerprint density at radius 1 is 1.71 bits per heavy atom. The van der Waals surface area contributed by atoms with Crippen molar-refractivity contribution >= 4 is 11.7 Å². The number of aromatic nitrogens is 1. The van der Waals surface area contributed by atoms with E-state index >= 15 is 0 Å². The second-order valence-electron chi connectivity index (χ2n) is 3.99. The highest BCUT2D eigenvalue weighted by Gasteiger charge is 2.21. The number of oxime groups is 1. The van der Waals surface area contributed by atoms with Crippen molar-refractivity contribution in [1.82, 2.24) is 4.98 Å². The Labute approximate surface area is 99.7 Å². The number of rotatable bonds is 2. The van der Waals surface area contributed by atoms with Crippen molar-refractivity contribution in [3.05, 3.63) is 23.9 Å². The molecule has 2 heterocycles. The monoisotopic (exact) mass is 236 g/mol. The van der Waals surface area contributed by atoms with Gasteiger partial charge in [-0.2, -0.15) is 0 Å². The second-order valence-corrected chi connectivity index (χ2v) is 3.99. The summed E-state index contributed by atoms with van der Waals surface area (Å²) in [6.45, 7) is 4.18. The summed E-state index contributed by atoms with van der Waals surface area (Å²) < 4.78 is 5.48. The number of morpholine rings is 1.